The number of carbonyl (C=O) groups excluding carboxylic acids is 1. The highest BCUT2D eigenvalue weighted by Crippen LogP contribution is 2.41. The molecule has 8 nitrogen and oxygen atoms in total. The van der Waals surface area contributed by atoms with E-state index in [-0.39, 0.29) is 29.3 Å². The minimum atomic E-state index is -0.437. The Bertz CT molecular complexity index is 1270. The van der Waals surface area contributed by atoms with Crippen molar-refractivity contribution in [1.82, 2.24) is 14.5 Å². The molecule has 9 heteroatoms. The molecule has 1 unspecified atom stereocenters. The summed E-state index contributed by atoms with van der Waals surface area (Å²) in [7, 11) is 0. The number of hydrogen-bond acceptors (Lipinski definition) is 7. The second-order valence-electron chi connectivity index (χ2n) is 7.90. The van der Waals surface area contributed by atoms with E-state index >= 15 is 0 Å². The summed E-state index contributed by atoms with van der Waals surface area (Å²) in [6, 6.07) is 1.45. The third-order valence-electron chi connectivity index (χ3n) is 5.66. The standard InChI is InChI=1S/C23H27N3O5S/c1-4-9-31-17-11-24-14(10-16(17)27)12-26-13(3)25-21-20(22(26)28)19-15(23(29)30-5-2)7-6-8-18(19)32-21/h10-11,15H,4-9,12H2,1-3H3,(H,24,27). The highest BCUT2D eigenvalue weighted by atomic mass is 32.1. The molecule has 0 amide bonds. The zero-order chi connectivity index (χ0) is 22.8. The SMILES string of the molecule is CCCOc1c[nH]c(Cn2c(C)nc3sc4c(c3c2=O)C(C(=O)OCC)CCC4)cc1=O. The number of thiophene rings is 1. The van der Waals surface area contributed by atoms with E-state index in [1.807, 2.05) is 6.92 Å². The molecule has 1 N–H and O–H groups in total. The third-order valence-corrected chi connectivity index (χ3v) is 6.82. The van der Waals surface area contributed by atoms with E-state index in [2.05, 4.69) is 9.97 Å². The summed E-state index contributed by atoms with van der Waals surface area (Å²) in [5.74, 6) is 0.0953. The van der Waals surface area contributed by atoms with Crippen molar-refractivity contribution in [1.29, 1.82) is 0 Å². The number of H-pyrrole nitrogens is 1. The maximum atomic E-state index is 13.6. The van der Waals surface area contributed by atoms with Crippen LogP contribution in [0.3, 0.4) is 0 Å². The molecule has 0 spiro atoms. The number of carbonyl (C=O) groups is 1. The number of nitrogens with zero attached hydrogens (tertiary/aromatic N) is 2. The summed E-state index contributed by atoms with van der Waals surface area (Å²) >= 11 is 1.49. The lowest BCUT2D eigenvalue weighted by Crippen LogP contribution is -2.27. The number of hydrogen-bond donors (Lipinski definition) is 1. The minimum Gasteiger partial charge on any atom is -0.488 e. The van der Waals surface area contributed by atoms with Gasteiger partial charge in [0.15, 0.2) is 5.75 Å². The molecule has 3 aromatic rings. The van der Waals surface area contributed by atoms with Crippen molar-refractivity contribution in [2.24, 2.45) is 0 Å². The van der Waals surface area contributed by atoms with Crippen LogP contribution in [-0.2, 0) is 22.5 Å². The van der Waals surface area contributed by atoms with Gasteiger partial charge in [-0.05, 0) is 45.1 Å². The second kappa shape index (κ2) is 9.28. The van der Waals surface area contributed by atoms with Crippen LogP contribution in [0.4, 0.5) is 0 Å². The van der Waals surface area contributed by atoms with Crippen LogP contribution in [0.25, 0.3) is 10.2 Å². The Morgan fingerprint density at radius 2 is 2.16 bits per heavy atom. The van der Waals surface area contributed by atoms with Crippen LogP contribution >= 0.6 is 11.3 Å². The van der Waals surface area contributed by atoms with E-state index in [0.29, 0.717) is 41.4 Å². The van der Waals surface area contributed by atoms with Gasteiger partial charge in [0.1, 0.15) is 10.7 Å². The van der Waals surface area contributed by atoms with Crippen molar-refractivity contribution < 1.29 is 14.3 Å². The van der Waals surface area contributed by atoms with Crippen molar-refractivity contribution in [3.8, 4) is 5.75 Å². The fourth-order valence-electron chi connectivity index (χ4n) is 4.17. The maximum Gasteiger partial charge on any atom is 0.313 e. The first-order valence-corrected chi connectivity index (χ1v) is 11.8. The van der Waals surface area contributed by atoms with Gasteiger partial charge < -0.3 is 14.5 Å². The van der Waals surface area contributed by atoms with Crippen LogP contribution in [0.2, 0.25) is 0 Å². The zero-order valence-corrected chi connectivity index (χ0v) is 19.3. The number of aromatic amines is 1. The highest BCUT2D eigenvalue weighted by molar-refractivity contribution is 7.18. The number of fused-ring (bicyclic) bond motifs is 3. The smallest absolute Gasteiger partial charge is 0.313 e. The maximum absolute atomic E-state index is 13.6. The van der Waals surface area contributed by atoms with Gasteiger partial charge in [-0.3, -0.25) is 19.0 Å². The summed E-state index contributed by atoms with van der Waals surface area (Å²) in [5.41, 5.74) is 0.921. The Kier molecular flexibility index (Phi) is 6.45. The molecule has 32 heavy (non-hydrogen) atoms. The molecule has 0 bridgehead atoms. The molecule has 0 radical (unpaired) electrons. The quantitative estimate of drug-likeness (QED) is 0.546. The Balaban J connectivity index is 1.76. The molecule has 0 saturated heterocycles. The lowest BCUT2D eigenvalue weighted by atomic mass is 9.86. The van der Waals surface area contributed by atoms with Gasteiger partial charge in [0.05, 0.1) is 31.1 Å². The molecule has 1 aliphatic rings. The van der Waals surface area contributed by atoms with Gasteiger partial charge in [-0.1, -0.05) is 6.92 Å². The number of pyridine rings is 1. The number of esters is 1. The van der Waals surface area contributed by atoms with Crippen LogP contribution in [-0.4, -0.2) is 33.7 Å². The lowest BCUT2D eigenvalue weighted by molar-refractivity contribution is -0.145. The first kappa shape index (κ1) is 22.3. The van der Waals surface area contributed by atoms with Gasteiger partial charge in [-0.2, -0.15) is 0 Å². The summed E-state index contributed by atoms with van der Waals surface area (Å²) in [5, 5.41) is 0.499. The lowest BCUT2D eigenvalue weighted by Gasteiger charge is -2.21. The van der Waals surface area contributed by atoms with Gasteiger partial charge >= 0.3 is 5.97 Å². The van der Waals surface area contributed by atoms with Crippen molar-refractivity contribution in [2.45, 2.75) is 58.9 Å². The molecule has 1 aliphatic carbocycles. The number of rotatable bonds is 7. The van der Waals surface area contributed by atoms with Crippen LogP contribution in [0.15, 0.2) is 21.9 Å². The normalized spacial score (nSPS) is 15.5. The van der Waals surface area contributed by atoms with E-state index in [0.717, 1.165) is 29.7 Å². The monoisotopic (exact) mass is 457 g/mol. The van der Waals surface area contributed by atoms with Crippen molar-refractivity contribution in [3.63, 3.8) is 0 Å². The number of aromatic nitrogens is 3. The highest BCUT2D eigenvalue weighted by Gasteiger charge is 2.33. The largest absolute Gasteiger partial charge is 0.488 e. The van der Waals surface area contributed by atoms with E-state index in [1.54, 1.807) is 18.4 Å². The molecule has 1 atom stereocenters. The van der Waals surface area contributed by atoms with Crippen LogP contribution < -0.4 is 15.7 Å². The van der Waals surface area contributed by atoms with Gasteiger partial charge in [0.2, 0.25) is 5.43 Å². The molecule has 3 aromatic heterocycles. The average Bonchev–Trinajstić information content (AvgIpc) is 3.14. The molecule has 4 rings (SSSR count). The third kappa shape index (κ3) is 4.09. The van der Waals surface area contributed by atoms with E-state index in [9.17, 15) is 14.4 Å². The van der Waals surface area contributed by atoms with Crippen molar-refractivity contribution >= 4 is 27.5 Å². The number of nitrogens with one attached hydrogen (secondary N) is 1. The minimum absolute atomic E-state index is 0.172. The Morgan fingerprint density at radius 1 is 1.34 bits per heavy atom. The fourth-order valence-corrected chi connectivity index (χ4v) is 5.48. The van der Waals surface area contributed by atoms with Crippen molar-refractivity contribution in [3.05, 3.63) is 54.8 Å². The molecular weight excluding hydrogens is 430 g/mol. The fraction of sp³-hybridized carbons (Fsp3) is 0.478. The summed E-state index contributed by atoms with van der Waals surface area (Å²) < 4.78 is 12.3. The van der Waals surface area contributed by atoms with Gasteiger partial charge in [0, 0.05) is 22.8 Å². The van der Waals surface area contributed by atoms with Crippen LogP contribution in [0, 0.1) is 6.92 Å². The summed E-state index contributed by atoms with van der Waals surface area (Å²) in [4.78, 5) is 47.9. The first-order chi connectivity index (χ1) is 15.4. The molecule has 0 aliphatic heterocycles. The average molecular weight is 458 g/mol. The Labute approximate surface area is 189 Å². The van der Waals surface area contributed by atoms with Gasteiger partial charge in [-0.25, -0.2) is 4.98 Å². The van der Waals surface area contributed by atoms with Gasteiger partial charge in [-0.15, -0.1) is 11.3 Å². The predicted octanol–water partition coefficient (Wildman–Crippen LogP) is 3.27. The molecular formula is C23H27N3O5S. The molecule has 3 heterocycles. The van der Waals surface area contributed by atoms with E-state index in [1.165, 1.54) is 23.6 Å². The Hall–Kier alpha value is -2.94. The van der Waals surface area contributed by atoms with Crippen molar-refractivity contribution in [2.75, 3.05) is 13.2 Å². The first-order valence-electron chi connectivity index (χ1n) is 11.0. The van der Waals surface area contributed by atoms with E-state index in [4.69, 9.17) is 9.47 Å². The van der Waals surface area contributed by atoms with E-state index < -0.39 is 5.92 Å². The summed E-state index contributed by atoms with van der Waals surface area (Å²) in [6.45, 7) is 6.47. The van der Waals surface area contributed by atoms with Crippen LogP contribution in [0.5, 0.6) is 5.75 Å². The van der Waals surface area contributed by atoms with Gasteiger partial charge in [0.25, 0.3) is 5.56 Å². The molecule has 0 aromatic carbocycles. The number of aryl methyl sites for hydroxylation is 2. The zero-order valence-electron chi connectivity index (χ0n) is 18.5. The predicted molar refractivity (Wildman–Crippen MR) is 123 cm³/mol. The molecule has 0 fully saturated rings. The molecule has 0 saturated carbocycles. The second-order valence-corrected chi connectivity index (χ2v) is 8.99. The Morgan fingerprint density at radius 3 is 2.88 bits per heavy atom. The molecule has 170 valence electrons. The topological polar surface area (TPSA) is 103 Å². The number of ether oxygens (including phenoxy) is 2. The van der Waals surface area contributed by atoms with Crippen LogP contribution in [0.1, 0.15) is 61.0 Å². The summed E-state index contributed by atoms with van der Waals surface area (Å²) in [6.07, 6.45) is 4.71.